The van der Waals surface area contributed by atoms with Gasteiger partial charge in [0.05, 0.1) is 16.9 Å². The van der Waals surface area contributed by atoms with Crippen LogP contribution >= 0.6 is 15.9 Å². The molecular weight excluding hydrogens is 320 g/mol. The number of rotatable bonds is 2. The van der Waals surface area contributed by atoms with Crippen molar-refractivity contribution in [2.45, 2.75) is 45.2 Å². The molecule has 2 unspecified atom stereocenters. The topological polar surface area (TPSA) is 49.4 Å². The van der Waals surface area contributed by atoms with E-state index in [1.54, 1.807) is 6.07 Å². The van der Waals surface area contributed by atoms with Gasteiger partial charge in [-0.2, -0.15) is 0 Å². The molecule has 0 spiro atoms. The smallest absolute Gasteiger partial charge is 0.296 e. The SMILES string of the molecule is CCC1CCC(C)N1c1cc2c(cc1Br)C(=O)C(=O)N2. The minimum absolute atomic E-state index is 0.450. The zero-order valence-corrected chi connectivity index (χ0v) is 13.2. The molecule has 1 N–H and O–H groups in total. The lowest BCUT2D eigenvalue weighted by Gasteiger charge is -2.31. The Morgan fingerprint density at radius 3 is 2.80 bits per heavy atom. The third-order valence-corrected chi connectivity index (χ3v) is 4.96. The molecule has 1 amide bonds. The van der Waals surface area contributed by atoms with E-state index < -0.39 is 11.7 Å². The van der Waals surface area contributed by atoms with Gasteiger partial charge >= 0.3 is 0 Å². The summed E-state index contributed by atoms with van der Waals surface area (Å²) in [4.78, 5) is 25.6. The van der Waals surface area contributed by atoms with Gasteiger partial charge in [-0.1, -0.05) is 6.92 Å². The number of hydrogen-bond acceptors (Lipinski definition) is 3. The van der Waals surface area contributed by atoms with Crippen molar-refractivity contribution in [2.24, 2.45) is 0 Å². The Morgan fingerprint density at radius 1 is 1.35 bits per heavy atom. The molecule has 2 aliphatic heterocycles. The lowest BCUT2D eigenvalue weighted by atomic mass is 10.1. The number of fused-ring (bicyclic) bond motifs is 1. The molecule has 2 aliphatic rings. The first kappa shape index (κ1) is 13.6. The summed E-state index contributed by atoms with van der Waals surface area (Å²) >= 11 is 3.56. The van der Waals surface area contributed by atoms with E-state index in [1.807, 2.05) is 6.07 Å². The molecule has 20 heavy (non-hydrogen) atoms. The highest BCUT2D eigenvalue weighted by atomic mass is 79.9. The van der Waals surface area contributed by atoms with Gasteiger partial charge in [0.2, 0.25) is 0 Å². The first-order valence-electron chi connectivity index (χ1n) is 7.00. The van der Waals surface area contributed by atoms with Crippen LogP contribution in [0.5, 0.6) is 0 Å². The van der Waals surface area contributed by atoms with Crippen LogP contribution in [0.4, 0.5) is 11.4 Å². The Hall–Kier alpha value is -1.36. The molecule has 4 nitrogen and oxygen atoms in total. The number of Topliss-reactive ketones (excluding diaryl/α,β-unsaturated/α-hetero) is 1. The molecule has 1 aromatic rings. The number of carbonyl (C=O) groups is 2. The Kier molecular flexibility index (Phi) is 3.32. The van der Waals surface area contributed by atoms with Gasteiger partial charge < -0.3 is 10.2 Å². The number of halogens is 1. The Balaban J connectivity index is 2.06. The number of nitrogens with zero attached hydrogens (tertiary/aromatic N) is 1. The summed E-state index contributed by atoms with van der Waals surface area (Å²) < 4.78 is 0.883. The maximum absolute atomic E-state index is 11.7. The van der Waals surface area contributed by atoms with Crippen molar-refractivity contribution in [2.75, 3.05) is 10.2 Å². The molecule has 0 aromatic heterocycles. The van der Waals surface area contributed by atoms with Crippen molar-refractivity contribution in [1.82, 2.24) is 0 Å². The summed E-state index contributed by atoms with van der Waals surface area (Å²) in [5, 5.41) is 2.65. The van der Waals surface area contributed by atoms with E-state index in [-0.39, 0.29) is 0 Å². The summed E-state index contributed by atoms with van der Waals surface area (Å²) in [5.74, 6) is -0.987. The monoisotopic (exact) mass is 336 g/mol. The molecule has 2 heterocycles. The summed E-state index contributed by atoms with van der Waals surface area (Å²) in [6, 6.07) is 4.68. The largest absolute Gasteiger partial charge is 0.365 e. The van der Waals surface area contributed by atoms with Crippen molar-refractivity contribution in [1.29, 1.82) is 0 Å². The molecule has 1 saturated heterocycles. The highest BCUT2D eigenvalue weighted by molar-refractivity contribution is 9.10. The predicted molar refractivity (Wildman–Crippen MR) is 82.4 cm³/mol. The number of nitrogens with one attached hydrogen (secondary N) is 1. The van der Waals surface area contributed by atoms with Crippen LogP contribution in [-0.4, -0.2) is 23.8 Å². The maximum Gasteiger partial charge on any atom is 0.296 e. The second kappa shape index (κ2) is 4.88. The number of hydrogen-bond donors (Lipinski definition) is 1. The van der Waals surface area contributed by atoms with Gasteiger partial charge in [0.25, 0.3) is 11.7 Å². The molecule has 0 bridgehead atoms. The zero-order chi connectivity index (χ0) is 14.4. The van der Waals surface area contributed by atoms with E-state index in [9.17, 15) is 9.59 Å². The predicted octanol–water partition coefficient (Wildman–Crippen LogP) is 3.35. The van der Waals surface area contributed by atoms with Gasteiger partial charge in [0.1, 0.15) is 0 Å². The second-order valence-corrected chi connectivity index (χ2v) is 6.38. The van der Waals surface area contributed by atoms with Gasteiger partial charge in [0, 0.05) is 16.6 Å². The third kappa shape index (κ3) is 1.95. The lowest BCUT2D eigenvalue weighted by molar-refractivity contribution is -0.112. The van der Waals surface area contributed by atoms with Gasteiger partial charge in [-0.05, 0) is 54.2 Å². The minimum Gasteiger partial charge on any atom is -0.365 e. The minimum atomic E-state index is -0.537. The lowest BCUT2D eigenvalue weighted by Crippen LogP contribution is -2.34. The van der Waals surface area contributed by atoms with Crippen molar-refractivity contribution in [3.05, 3.63) is 22.2 Å². The summed E-state index contributed by atoms with van der Waals surface area (Å²) in [6.45, 7) is 4.42. The van der Waals surface area contributed by atoms with Crippen LogP contribution in [0.25, 0.3) is 0 Å². The fourth-order valence-corrected chi connectivity index (χ4v) is 3.81. The van der Waals surface area contributed by atoms with E-state index in [1.165, 1.54) is 12.8 Å². The van der Waals surface area contributed by atoms with E-state index in [2.05, 4.69) is 40.0 Å². The van der Waals surface area contributed by atoms with Gasteiger partial charge in [0.15, 0.2) is 0 Å². The summed E-state index contributed by atoms with van der Waals surface area (Å²) in [5.41, 5.74) is 2.16. The van der Waals surface area contributed by atoms with E-state index in [0.29, 0.717) is 23.3 Å². The van der Waals surface area contributed by atoms with Crippen LogP contribution in [0, 0.1) is 0 Å². The highest BCUT2D eigenvalue weighted by Crippen LogP contribution is 2.40. The first-order valence-corrected chi connectivity index (χ1v) is 7.79. The molecule has 0 saturated carbocycles. The fourth-order valence-electron chi connectivity index (χ4n) is 3.26. The van der Waals surface area contributed by atoms with Crippen LogP contribution in [0.15, 0.2) is 16.6 Å². The molecule has 0 aliphatic carbocycles. The van der Waals surface area contributed by atoms with Crippen LogP contribution in [-0.2, 0) is 4.79 Å². The normalized spacial score (nSPS) is 25.1. The van der Waals surface area contributed by atoms with Crippen LogP contribution < -0.4 is 10.2 Å². The van der Waals surface area contributed by atoms with Crippen molar-refractivity contribution in [3.8, 4) is 0 Å². The second-order valence-electron chi connectivity index (χ2n) is 5.53. The standard InChI is InChI=1S/C15H17BrN2O2/c1-3-9-5-4-8(2)18(9)13-7-12-10(6-11(13)16)14(19)15(20)17-12/h6-9H,3-5H2,1-2H3,(H,17,19,20). The van der Waals surface area contributed by atoms with Gasteiger partial charge in [-0.25, -0.2) is 0 Å². The van der Waals surface area contributed by atoms with E-state index in [4.69, 9.17) is 0 Å². The van der Waals surface area contributed by atoms with Gasteiger partial charge in [-0.3, -0.25) is 9.59 Å². The van der Waals surface area contributed by atoms with Crippen molar-refractivity contribution >= 4 is 39.0 Å². The van der Waals surface area contributed by atoms with Crippen molar-refractivity contribution in [3.63, 3.8) is 0 Å². The van der Waals surface area contributed by atoms with Crippen LogP contribution in [0.3, 0.4) is 0 Å². The Bertz CT molecular complexity index is 600. The molecule has 3 rings (SSSR count). The van der Waals surface area contributed by atoms with Gasteiger partial charge in [-0.15, -0.1) is 0 Å². The molecule has 1 fully saturated rings. The number of benzene rings is 1. The maximum atomic E-state index is 11.7. The Morgan fingerprint density at radius 2 is 2.10 bits per heavy atom. The average molecular weight is 337 g/mol. The number of anilines is 2. The zero-order valence-electron chi connectivity index (χ0n) is 11.6. The molecule has 0 radical (unpaired) electrons. The van der Waals surface area contributed by atoms with Crippen molar-refractivity contribution < 1.29 is 9.59 Å². The number of amides is 1. The highest BCUT2D eigenvalue weighted by Gasteiger charge is 2.34. The Labute approximate surface area is 126 Å². The average Bonchev–Trinajstić information content (AvgIpc) is 2.91. The van der Waals surface area contributed by atoms with Crippen LogP contribution in [0.1, 0.15) is 43.5 Å². The third-order valence-electron chi connectivity index (χ3n) is 4.32. The quantitative estimate of drug-likeness (QED) is 0.842. The molecular formula is C15H17BrN2O2. The molecule has 1 aromatic carbocycles. The molecule has 5 heteroatoms. The van der Waals surface area contributed by atoms with E-state index >= 15 is 0 Å². The summed E-state index contributed by atoms with van der Waals surface area (Å²) in [7, 11) is 0. The fraction of sp³-hybridized carbons (Fsp3) is 0.467. The van der Waals surface area contributed by atoms with E-state index in [0.717, 1.165) is 16.6 Å². The number of carbonyl (C=O) groups excluding carboxylic acids is 2. The first-order chi connectivity index (χ1) is 9.52. The van der Waals surface area contributed by atoms with Crippen LogP contribution in [0.2, 0.25) is 0 Å². The molecule has 106 valence electrons. The summed E-state index contributed by atoms with van der Waals surface area (Å²) in [6.07, 6.45) is 3.46. The molecule has 2 atom stereocenters. The number of ketones is 1.